The van der Waals surface area contributed by atoms with Gasteiger partial charge in [0.2, 0.25) is 0 Å². The molecule has 0 heterocycles. The van der Waals surface area contributed by atoms with Crippen molar-refractivity contribution in [3.8, 4) is 5.75 Å². The number of phenols is 1. The van der Waals surface area contributed by atoms with Gasteiger partial charge in [-0.25, -0.2) is 4.39 Å². The lowest BCUT2D eigenvalue weighted by molar-refractivity contribution is -0.144. The Morgan fingerprint density at radius 2 is 2.06 bits per heavy atom. The van der Waals surface area contributed by atoms with Crippen molar-refractivity contribution < 1.29 is 19.0 Å². The number of aromatic hydroxyl groups is 1. The smallest absolute Gasteiger partial charge is 0.308 e. The summed E-state index contributed by atoms with van der Waals surface area (Å²) in [5, 5.41) is 9.12. The molecular weight excluding hydrogens is 235 g/mol. The van der Waals surface area contributed by atoms with E-state index in [1.807, 2.05) is 0 Å². The molecule has 1 atom stereocenters. The van der Waals surface area contributed by atoms with Crippen LogP contribution < -0.4 is 0 Å². The normalized spacial score (nSPS) is 14.2. The van der Waals surface area contributed by atoms with Crippen LogP contribution in [0.3, 0.4) is 0 Å². The maximum atomic E-state index is 13.3. The Bertz CT molecular complexity index is 399. The van der Waals surface area contributed by atoms with Crippen LogP contribution in [0.2, 0.25) is 0 Å². The van der Waals surface area contributed by atoms with Crippen LogP contribution in [0.4, 0.5) is 4.39 Å². The van der Waals surface area contributed by atoms with E-state index in [9.17, 15) is 9.18 Å². The molecule has 0 spiro atoms. The molecule has 1 unspecified atom stereocenters. The van der Waals surface area contributed by atoms with E-state index in [-0.39, 0.29) is 6.42 Å². The van der Waals surface area contributed by atoms with E-state index in [0.29, 0.717) is 5.56 Å². The maximum absolute atomic E-state index is 13.3. The molecule has 1 aromatic carbocycles. The lowest BCUT2D eigenvalue weighted by Gasteiger charge is -2.10. The number of phenolic OH excluding ortho intramolecular Hbond substituents is 1. The summed E-state index contributed by atoms with van der Waals surface area (Å²) in [5.74, 6) is -1.89. The van der Waals surface area contributed by atoms with Gasteiger partial charge in [-0.15, -0.1) is 0 Å². The second kappa shape index (κ2) is 6.99. The number of carbonyl (C=O) groups is 1. The van der Waals surface area contributed by atoms with Gasteiger partial charge in [0, 0.05) is 0 Å². The largest absolute Gasteiger partial charge is 0.505 e. The number of ether oxygens (including phenoxy) is 1. The van der Waals surface area contributed by atoms with E-state index in [1.165, 1.54) is 44.6 Å². The second-order valence-corrected chi connectivity index (χ2v) is 4.44. The summed E-state index contributed by atoms with van der Waals surface area (Å²) >= 11 is 0. The maximum Gasteiger partial charge on any atom is 0.308 e. The summed E-state index contributed by atoms with van der Waals surface area (Å²) < 4.78 is 17.9. The van der Waals surface area contributed by atoms with Crippen molar-refractivity contribution in [3.05, 3.63) is 29.6 Å². The number of halogens is 1. The fraction of sp³-hybridized carbons (Fsp3) is 0.500. The van der Waals surface area contributed by atoms with Crippen LogP contribution in [0.1, 0.15) is 31.7 Å². The lowest BCUT2D eigenvalue weighted by atomic mass is 10.0. The van der Waals surface area contributed by atoms with Gasteiger partial charge in [0.05, 0.1) is 13.0 Å². The van der Waals surface area contributed by atoms with Gasteiger partial charge in [-0.05, 0) is 18.1 Å². The fourth-order valence-electron chi connectivity index (χ4n) is 1.34. The first-order chi connectivity index (χ1) is 8.56. The minimum Gasteiger partial charge on any atom is -0.505 e. The monoisotopic (exact) mass is 254 g/mol. The molecule has 0 saturated heterocycles. The lowest BCUT2D eigenvalue weighted by Crippen LogP contribution is -2.15. The van der Waals surface area contributed by atoms with Gasteiger partial charge in [-0.3, -0.25) is 4.79 Å². The van der Waals surface area contributed by atoms with Crippen molar-refractivity contribution in [2.75, 3.05) is 7.11 Å². The van der Waals surface area contributed by atoms with Crippen molar-refractivity contribution in [1.29, 1.82) is 0 Å². The third-order valence-corrected chi connectivity index (χ3v) is 2.54. The second-order valence-electron chi connectivity index (χ2n) is 4.44. The number of carbonyl (C=O) groups excluding carboxylic acids is 1. The van der Waals surface area contributed by atoms with Gasteiger partial charge in [0.1, 0.15) is 0 Å². The topological polar surface area (TPSA) is 46.5 Å². The molecule has 1 aromatic rings. The predicted octanol–water partition coefficient (Wildman–Crippen LogP) is 3.05. The Hall–Kier alpha value is -1.58. The molecule has 0 amide bonds. The molecule has 0 aromatic heterocycles. The van der Waals surface area contributed by atoms with Gasteiger partial charge in [0.15, 0.2) is 11.6 Å². The summed E-state index contributed by atoms with van der Waals surface area (Å²) in [6, 6.07) is 4.34. The molecule has 18 heavy (non-hydrogen) atoms. The Morgan fingerprint density at radius 1 is 1.44 bits per heavy atom. The highest BCUT2D eigenvalue weighted by Crippen LogP contribution is 2.21. The van der Waals surface area contributed by atoms with Crippen LogP contribution in [0.5, 0.6) is 5.75 Å². The molecule has 100 valence electrons. The Kier molecular flexibility index (Phi) is 5.62. The van der Waals surface area contributed by atoms with E-state index in [1.54, 1.807) is 6.92 Å². The summed E-state index contributed by atoms with van der Waals surface area (Å²) in [5.41, 5.74) is 0.313. The number of hydrogen-bond donors (Lipinski definition) is 1. The van der Waals surface area contributed by atoms with E-state index >= 15 is 0 Å². The number of benzene rings is 1. The summed E-state index contributed by atoms with van der Waals surface area (Å²) in [4.78, 5) is 11.1. The quantitative estimate of drug-likeness (QED) is 0.843. The highest BCUT2D eigenvalue weighted by atomic mass is 19.1. The van der Waals surface area contributed by atoms with Gasteiger partial charge in [0.25, 0.3) is 0 Å². The molecule has 0 aliphatic heterocycles. The number of methoxy groups -OCH3 is 1. The first kappa shape index (κ1) is 14.5. The SMILES string of the molecule is C1CC1.COC(=O)C(C)Cc1cccc(O)c1F. The zero-order valence-electron chi connectivity index (χ0n) is 10.8. The van der Waals surface area contributed by atoms with Crippen LogP contribution in [0, 0.1) is 11.7 Å². The van der Waals surface area contributed by atoms with Crippen molar-refractivity contribution in [1.82, 2.24) is 0 Å². The first-order valence-corrected chi connectivity index (χ1v) is 6.10. The molecule has 1 saturated carbocycles. The Morgan fingerprint density at radius 3 is 2.56 bits per heavy atom. The van der Waals surface area contributed by atoms with Crippen molar-refractivity contribution >= 4 is 5.97 Å². The number of rotatable bonds is 3. The van der Waals surface area contributed by atoms with Crippen LogP contribution in [-0.4, -0.2) is 18.2 Å². The van der Waals surface area contributed by atoms with Gasteiger partial charge >= 0.3 is 5.97 Å². The number of hydrogen-bond acceptors (Lipinski definition) is 3. The summed E-state index contributed by atoms with van der Waals surface area (Å²) in [6.07, 6.45) is 4.72. The van der Waals surface area contributed by atoms with Gasteiger partial charge in [-0.1, -0.05) is 38.3 Å². The molecule has 1 aliphatic rings. The summed E-state index contributed by atoms with van der Waals surface area (Å²) in [7, 11) is 1.29. The highest BCUT2D eigenvalue weighted by Gasteiger charge is 2.16. The van der Waals surface area contributed by atoms with E-state index in [0.717, 1.165) is 0 Å². The van der Waals surface area contributed by atoms with Gasteiger partial charge in [-0.2, -0.15) is 0 Å². The van der Waals surface area contributed by atoms with E-state index < -0.39 is 23.5 Å². The molecule has 0 bridgehead atoms. The Balaban J connectivity index is 0.000000468. The molecule has 1 fully saturated rings. The molecule has 0 radical (unpaired) electrons. The van der Waals surface area contributed by atoms with Crippen molar-refractivity contribution in [2.45, 2.75) is 32.6 Å². The fourth-order valence-corrected chi connectivity index (χ4v) is 1.34. The third kappa shape index (κ3) is 4.73. The zero-order chi connectivity index (χ0) is 13.5. The van der Waals surface area contributed by atoms with Crippen LogP contribution in [0.15, 0.2) is 18.2 Å². The molecule has 2 rings (SSSR count). The van der Waals surface area contributed by atoms with Crippen LogP contribution in [0.25, 0.3) is 0 Å². The predicted molar refractivity (Wildman–Crippen MR) is 66.8 cm³/mol. The molecule has 3 nitrogen and oxygen atoms in total. The zero-order valence-corrected chi connectivity index (χ0v) is 10.8. The first-order valence-electron chi connectivity index (χ1n) is 6.10. The minimum absolute atomic E-state index is 0.215. The third-order valence-electron chi connectivity index (χ3n) is 2.54. The van der Waals surface area contributed by atoms with Crippen LogP contribution in [-0.2, 0) is 16.0 Å². The van der Waals surface area contributed by atoms with Crippen molar-refractivity contribution in [2.24, 2.45) is 5.92 Å². The molecular formula is C14H19FO3. The molecule has 1 aliphatic carbocycles. The van der Waals surface area contributed by atoms with Gasteiger partial charge < -0.3 is 9.84 Å². The molecule has 1 N–H and O–H groups in total. The average Bonchev–Trinajstić information content (AvgIpc) is 3.21. The van der Waals surface area contributed by atoms with E-state index in [4.69, 9.17) is 5.11 Å². The minimum atomic E-state index is -0.673. The van der Waals surface area contributed by atoms with Crippen molar-refractivity contribution in [3.63, 3.8) is 0 Å². The molecule has 4 heteroatoms. The average molecular weight is 254 g/mol. The standard InChI is InChI=1S/C11H13FO3.C3H6/c1-7(11(14)15-2)6-8-4-3-5-9(13)10(8)12;1-2-3-1/h3-5,7,13H,6H2,1-2H3;1-3H2. The van der Waals surface area contributed by atoms with Crippen LogP contribution >= 0.6 is 0 Å². The summed E-state index contributed by atoms with van der Waals surface area (Å²) in [6.45, 7) is 1.65. The van der Waals surface area contributed by atoms with E-state index in [2.05, 4.69) is 4.74 Å². The number of esters is 1. The Labute approximate surface area is 107 Å². The highest BCUT2D eigenvalue weighted by molar-refractivity contribution is 5.72.